The topological polar surface area (TPSA) is 124 Å². The average molecular weight is 873 g/mol. The van der Waals surface area contributed by atoms with E-state index in [0.29, 0.717) is 61.0 Å². The molecule has 11 nitrogen and oxygen atoms in total. The Morgan fingerprint density at radius 3 is 2.25 bits per heavy atom. The summed E-state index contributed by atoms with van der Waals surface area (Å²) in [6, 6.07) is 5.68. The van der Waals surface area contributed by atoms with Crippen LogP contribution < -0.4 is 10.4 Å². The highest BCUT2D eigenvalue weighted by Gasteiger charge is 2.62. The summed E-state index contributed by atoms with van der Waals surface area (Å²) in [5.74, 6) is -2.42. The molecule has 1 saturated carbocycles. The van der Waals surface area contributed by atoms with Gasteiger partial charge in [-0.05, 0) is 72.9 Å². The molecule has 3 fully saturated rings. The molecule has 2 aromatic rings. The lowest BCUT2D eigenvalue weighted by Crippen LogP contribution is -2.66. The molecule has 10 atom stereocenters. The van der Waals surface area contributed by atoms with Gasteiger partial charge in [-0.1, -0.05) is 43.7 Å². The van der Waals surface area contributed by atoms with Crippen LogP contribution in [-0.2, 0) is 48.4 Å². The number of carbonyl (C=O) groups is 2. The second-order valence-corrected chi connectivity index (χ2v) is 17.7. The maximum atomic E-state index is 14.2. The van der Waals surface area contributed by atoms with Crippen molar-refractivity contribution in [3.8, 4) is 0 Å². The van der Waals surface area contributed by atoms with Gasteiger partial charge < -0.3 is 24.6 Å². The van der Waals surface area contributed by atoms with Crippen molar-refractivity contribution in [3.63, 3.8) is 0 Å². The minimum atomic E-state index is -4.92. The highest BCUT2D eigenvalue weighted by atomic mass is 35.5. The lowest BCUT2D eigenvalue weighted by molar-refractivity contribution is -0.225. The number of alkyl halides is 6. The van der Waals surface area contributed by atoms with E-state index >= 15 is 0 Å². The molecule has 5 aliphatic rings. The molecule has 2 aliphatic carbocycles. The van der Waals surface area contributed by atoms with E-state index in [1.54, 1.807) is 32.2 Å². The van der Waals surface area contributed by atoms with Gasteiger partial charge in [0.2, 0.25) is 0 Å². The maximum Gasteiger partial charge on any atom is 0.416 e. The largest absolute Gasteiger partial charge is 0.454 e. The van der Waals surface area contributed by atoms with E-state index in [1.165, 1.54) is 12.0 Å². The zero-order valence-corrected chi connectivity index (χ0v) is 34.7. The normalized spacial score (nSPS) is 33.0. The van der Waals surface area contributed by atoms with E-state index in [1.807, 2.05) is 17.9 Å². The molecular weight excluding hydrogens is 822 g/mol. The van der Waals surface area contributed by atoms with Crippen LogP contribution in [0.3, 0.4) is 0 Å². The third-order valence-electron chi connectivity index (χ3n) is 13.3. The maximum absolute atomic E-state index is 14.2. The highest BCUT2D eigenvalue weighted by Crippen LogP contribution is 2.53. The Morgan fingerprint density at radius 2 is 1.63 bits per heavy atom. The van der Waals surface area contributed by atoms with Gasteiger partial charge in [-0.15, -0.1) is 0 Å². The molecule has 2 saturated heterocycles. The van der Waals surface area contributed by atoms with Crippen LogP contribution in [-0.4, -0.2) is 102 Å². The molecule has 0 radical (unpaired) electrons. The molecule has 330 valence electrons. The molecule has 18 heteroatoms. The first kappa shape index (κ1) is 44.6. The minimum absolute atomic E-state index is 0.0148. The number of esters is 2. The minimum Gasteiger partial charge on any atom is -0.454 e. The Morgan fingerprint density at radius 1 is 1.00 bits per heavy atom. The summed E-state index contributed by atoms with van der Waals surface area (Å²) in [6.45, 7) is 9.38. The summed E-state index contributed by atoms with van der Waals surface area (Å²) in [5, 5.41) is 29.7. The number of nitrogens with one attached hydrogen (secondary N) is 1. The molecule has 3 N–H and O–H groups in total. The van der Waals surface area contributed by atoms with Crippen molar-refractivity contribution >= 4 is 29.2 Å². The number of rotatable bonds is 8. The lowest BCUT2D eigenvalue weighted by atomic mass is 9.55. The van der Waals surface area contributed by atoms with Crippen molar-refractivity contribution in [2.45, 2.75) is 102 Å². The summed E-state index contributed by atoms with van der Waals surface area (Å²) in [4.78, 5) is 36.6. The number of para-hydroxylation sites is 1. The molecule has 3 aliphatic heterocycles. The number of carbonyl (C=O) groups excluding carboxylic acids is 2. The molecule has 60 heavy (non-hydrogen) atoms. The fraction of sp³-hybridized carbons (Fsp3) is 0.619. The van der Waals surface area contributed by atoms with E-state index in [0.717, 1.165) is 18.6 Å². The highest BCUT2D eigenvalue weighted by molar-refractivity contribution is 6.33. The van der Waals surface area contributed by atoms with E-state index in [9.17, 15) is 46.1 Å². The number of anilines is 1. The molecular formula is C42H51ClF6N4O7. The molecule has 0 aromatic heterocycles. The Kier molecular flexibility index (Phi) is 12.2. The number of nitrogens with zero attached hydrogens (tertiary/aromatic N) is 3. The SMILES string of the molecule is CC(=O)O[C@@H]1C(C)=C[C@@H]2[C@H](C(C)CN3CCN(Cc4cc(C(F)(F)F)cc(C(F)(F)F)c4)CC3)CC[C@@H](C)[C@]2(O)[C@H]1OC(=O)[C@@H]1C[C@@]2(O)c3cccc(Cl)c3N(C)O[C@H]2N1. The van der Waals surface area contributed by atoms with Gasteiger partial charge in [0.1, 0.15) is 17.2 Å². The standard InChI is InChI=1S/C42H51ClF6N4O7/c1-22-15-31-29(23(2)20-52-11-13-53(14-12-52)21-26-16-27(41(44,45)46)18-28(17-26)42(47,48)49)10-9-24(3)40(31,57)36(35(22)58-25(4)54)59-37(55)33-19-39(56)30-7-6-8-32(43)34(30)51(5)60-38(39)50-33/h6-8,15-18,23-24,29,31,33,35-36,38,50,56-57H,9-14,19-21H2,1-5H3/t23?,24-,29+,31-,33+,35-,36+,38-,39-,40-/m1/s1. The van der Waals surface area contributed by atoms with Crippen molar-refractivity contribution in [2.75, 3.05) is 44.8 Å². The van der Waals surface area contributed by atoms with Crippen LogP contribution in [0.25, 0.3) is 0 Å². The first-order valence-corrected chi connectivity index (χ1v) is 20.6. The third-order valence-corrected chi connectivity index (χ3v) is 13.6. The summed E-state index contributed by atoms with van der Waals surface area (Å²) in [5.41, 5.74) is -4.50. The van der Waals surface area contributed by atoms with Crippen molar-refractivity contribution in [2.24, 2.45) is 23.7 Å². The van der Waals surface area contributed by atoms with Gasteiger partial charge in [0.15, 0.2) is 18.4 Å². The van der Waals surface area contributed by atoms with E-state index in [4.69, 9.17) is 25.9 Å². The Balaban J connectivity index is 1.05. The lowest BCUT2D eigenvalue weighted by Gasteiger charge is -2.56. The number of piperazine rings is 1. The van der Waals surface area contributed by atoms with Crippen molar-refractivity contribution in [1.82, 2.24) is 15.1 Å². The number of benzene rings is 2. The predicted molar refractivity (Wildman–Crippen MR) is 207 cm³/mol. The van der Waals surface area contributed by atoms with Gasteiger partial charge >= 0.3 is 24.3 Å². The number of fused-ring (bicyclic) bond motifs is 4. The Labute approximate surface area is 349 Å². The van der Waals surface area contributed by atoms with Crippen molar-refractivity contribution in [3.05, 3.63) is 75.3 Å². The summed E-state index contributed by atoms with van der Waals surface area (Å²) < 4.78 is 92.9. The van der Waals surface area contributed by atoms with Gasteiger partial charge in [-0.2, -0.15) is 26.3 Å². The van der Waals surface area contributed by atoms with Crippen molar-refractivity contribution in [1.29, 1.82) is 0 Å². The third kappa shape index (κ3) is 8.39. The first-order valence-electron chi connectivity index (χ1n) is 20.2. The summed E-state index contributed by atoms with van der Waals surface area (Å²) in [7, 11) is 1.64. The number of aliphatic hydroxyl groups is 2. The summed E-state index contributed by atoms with van der Waals surface area (Å²) in [6.07, 6.45) is -10.2. The van der Waals surface area contributed by atoms with E-state index in [-0.39, 0.29) is 36.4 Å². The first-order chi connectivity index (χ1) is 28.0. The molecule has 7 rings (SSSR count). The van der Waals surface area contributed by atoms with Crippen LogP contribution in [0.15, 0.2) is 48.0 Å². The number of ether oxygens (including phenoxy) is 2. The Hall–Kier alpha value is -3.45. The number of hydroxylamine groups is 1. The molecule has 3 heterocycles. The molecule has 0 spiro atoms. The average Bonchev–Trinajstić information content (AvgIpc) is 3.51. The van der Waals surface area contributed by atoms with Crippen molar-refractivity contribution < 1.29 is 60.5 Å². The van der Waals surface area contributed by atoms with Gasteiger partial charge in [0.05, 0.1) is 21.8 Å². The van der Waals surface area contributed by atoms with Crippen LogP contribution in [0.5, 0.6) is 0 Å². The number of halogens is 7. The number of hydrogen-bond acceptors (Lipinski definition) is 11. The summed E-state index contributed by atoms with van der Waals surface area (Å²) >= 11 is 6.45. The second kappa shape index (κ2) is 16.3. The van der Waals surface area contributed by atoms with Gasteiger partial charge in [-0.25, -0.2) is 0 Å². The molecule has 0 amide bonds. The monoisotopic (exact) mass is 872 g/mol. The van der Waals surface area contributed by atoms with Crippen LogP contribution in [0.4, 0.5) is 32.0 Å². The Bertz CT molecular complexity index is 1960. The fourth-order valence-corrected chi connectivity index (χ4v) is 10.5. The van der Waals surface area contributed by atoms with Crippen LogP contribution in [0.1, 0.15) is 69.2 Å². The zero-order chi connectivity index (χ0) is 43.7. The van der Waals surface area contributed by atoms with Gasteiger partial charge in [-0.3, -0.25) is 29.7 Å². The predicted octanol–water partition coefficient (Wildman–Crippen LogP) is 6.29. The zero-order valence-electron chi connectivity index (χ0n) is 33.9. The quantitative estimate of drug-likeness (QED) is 0.158. The van der Waals surface area contributed by atoms with Gasteiger partial charge in [0, 0.05) is 71.1 Å². The fourth-order valence-electron chi connectivity index (χ4n) is 10.2. The van der Waals surface area contributed by atoms with Crippen LogP contribution >= 0.6 is 11.6 Å². The molecule has 1 unspecified atom stereocenters. The van der Waals surface area contributed by atoms with Crippen LogP contribution in [0, 0.1) is 23.7 Å². The van der Waals surface area contributed by atoms with Gasteiger partial charge in [0.25, 0.3) is 0 Å². The van der Waals surface area contributed by atoms with E-state index < -0.39 is 82.9 Å². The van der Waals surface area contributed by atoms with Crippen LogP contribution in [0.2, 0.25) is 5.02 Å². The molecule has 0 bridgehead atoms. The smallest absolute Gasteiger partial charge is 0.416 e. The molecule has 2 aromatic carbocycles. The van der Waals surface area contributed by atoms with E-state index in [2.05, 4.69) is 17.1 Å². The second-order valence-electron chi connectivity index (χ2n) is 17.3. The number of hydrogen-bond donors (Lipinski definition) is 3.